The van der Waals surface area contributed by atoms with Gasteiger partial charge in [0.1, 0.15) is 0 Å². The maximum Gasteiger partial charge on any atom is 0.0516 e. The van der Waals surface area contributed by atoms with Crippen LogP contribution in [-0.4, -0.2) is 9.13 Å². The third kappa shape index (κ3) is 5.33. The summed E-state index contributed by atoms with van der Waals surface area (Å²) in [7, 11) is 9.87. The van der Waals surface area contributed by atoms with Crippen LogP contribution in [-0.2, 0) is 33.7 Å². The van der Waals surface area contributed by atoms with Gasteiger partial charge in [-0.15, -0.1) is 53.2 Å². The Hall–Kier alpha value is -2.84. The van der Waals surface area contributed by atoms with Crippen molar-refractivity contribution in [3.05, 3.63) is 133 Å². The molecule has 5 heteroatoms. The van der Waals surface area contributed by atoms with Gasteiger partial charge in [-0.25, -0.2) is 0 Å². The topological polar surface area (TPSA) is 9.86 Å². The van der Waals surface area contributed by atoms with Crippen molar-refractivity contribution in [3.63, 3.8) is 0 Å². The summed E-state index contributed by atoms with van der Waals surface area (Å²) >= 11 is -0.826. The molecule has 7 aromatic rings. The van der Waals surface area contributed by atoms with Crippen molar-refractivity contribution in [1.82, 2.24) is 9.13 Å². The van der Waals surface area contributed by atoms with Crippen LogP contribution in [0.25, 0.3) is 43.8 Å². The third-order valence-corrected chi connectivity index (χ3v) is 7.58. The van der Waals surface area contributed by atoms with Crippen LogP contribution in [0.5, 0.6) is 0 Å². The van der Waals surface area contributed by atoms with Crippen LogP contribution in [0.4, 0.5) is 0 Å². The summed E-state index contributed by atoms with van der Waals surface area (Å²) in [5, 5.41) is 6.72. The van der Waals surface area contributed by atoms with Gasteiger partial charge < -0.3 is 9.13 Å². The number of para-hydroxylation sites is 1. The Labute approximate surface area is 247 Å². The SMILES string of the molecule is [Cl][Zr+2][Cl].c1ccc2[cH-]c(-n3c4c(c5ccccc53)CCCC4)cc2c1.c1ccc2c(c1)cc[c-]2-n1cccc1. The van der Waals surface area contributed by atoms with Gasteiger partial charge in [0.25, 0.3) is 0 Å². The zero-order chi connectivity index (χ0) is 26.6. The van der Waals surface area contributed by atoms with E-state index in [4.69, 9.17) is 17.0 Å². The number of fused-ring (bicyclic) bond motifs is 5. The number of aryl methyl sites for hydroxylation is 1. The molecule has 0 radical (unpaired) electrons. The molecular formula is C34H28Cl2N2Zr. The molecule has 0 N–H and O–H groups in total. The smallest absolute Gasteiger partial charge is 0.0516 e. The molecule has 0 saturated carbocycles. The van der Waals surface area contributed by atoms with Crippen molar-refractivity contribution < 1.29 is 20.8 Å². The summed E-state index contributed by atoms with van der Waals surface area (Å²) in [6, 6.07) is 39.1. The van der Waals surface area contributed by atoms with Crippen molar-refractivity contribution >= 4 is 49.5 Å². The van der Waals surface area contributed by atoms with Crippen LogP contribution in [0.2, 0.25) is 0 Å². The first-order chi connectivity index (χ1) is 19.3. The maximum absolute atomic E-state index is 4.93. The normalized spacial score (nSPS) is 12.4. The molecule has 0 fully saturated rings. The van der Waals surface area contributed by atoms with Crippen LogP contribution in [0.15, 0.2) is 122 Å². The van der Waals surface area contributed by atoms with E-state index in [0.29, 0.717) is 0 Å². The Morgan fingerprint density at radius 3 is 2.26 bits per heavy atom. The van der Waals surface area contributed by atoms with E-state index in [1.165, 1.54) is 75.2 Å². The molecule has 0 amide bonds. The van der Waals surface area contributed by atoms with E-state index < -0.39 is 20.8 Å². The molecular weight excluding hydrogens is 599 g/mol. The Bertz CT molecular complexity index is 1790. The summed E-state index contributed by atoms with van der Waals surface area (Å²) in [6.45, 7) is 0. The van der Waals surface area contributed by atoms with E-state index in [0.717, 1.165) is 0 Å². The fraction of sp³-hybridized carbons (Fsp3) is 0.118. The van der Waals surface area contributed by atoms with E-state index in [2.05, 4.69) is 119 Å². The number of hydrogen-bond donors (Lipinski definition) is 0. The van der Waals surface area contributed by atoms with Crippen LogP contribution in [0, 0.1) is 0 Å². The molecule has 2 aromatic heterocycles. The van der Waals surface area contributed by atoms with Crippen molar-refractivity contribution in [2.24, 2.45) is 0 Å². The summed E-state index contributed by atoms with van der Waals surface area (Å²) in [6.07, 6.45) is 9.20. The minimum atomic E-state index is -0.826. The monoisotopic (exact) mass is 624 g/mol. The van der Waals surface area contributed by atoms with Gasteiger partial charge in [-0.3, -0.25) is 0 Å². The minimum Gasteiger partial charge on any atom is -0.403 e. The largest absolute Gasteiger partial charge is 0.403 e. The number of rotatable bonds is 2. The van der Waals surface area contributed by atoms with E-state index >= 15 is 0 Å². The molecule has 1 aliphatic rings. The predicted molar refractivity (Wildman–Crippen MR) is 164 cm³/mol. The molecule has 2 nitrogen and oxygen atoms in total. The molecule has 8 rings (SSSR count). The first-order valence-corrected chi connectivity index (χ1v) is 19.6. The van der Waals surface area contributed by atoms with Crippen LogP contribution < -0.4 is 0 Å². The third-order valence-electron chi connectivity index (χ3n) is 7.58. The Balaban J connectivity index is 0.000000140. The van der Waals surface area contributed by atoms with Crippen molar-refractivity contribution in [3.8, 4) is 11.4 Å². The maximum atomic E-state index is 4.93. The molecule has 0 atom stereocenters. The minimum absolute atomic E-state index is 0.826. The molecule has 2 heterocycles. The van der Waals surface area contributed by atoms with Gasteiger partial charge >= 0.3 is 37.9 Å². The Kier molecular flexibility index (Phi) is 8.21. The van der Waals surface area contributed by atoms with Gasteiger partial charge in [0.15, 0.2) is 0 Å². The summed E-state index contributed by atoms with van der Waals surface area (Å²) < 4.78 is 4.64. The molecule has 0 aliphatic heterocycles. The number of halogens is 2. The molecule has 0 spiro atoms. The quantitative estimate of drug-likeness (QED) is 0.169. The second-order valence-electron chi connectivity index (χ2n) is 9.79. The fourth-order valence-electron chi connectivity index (χ4n) is 5.91. The zero-order valence-electron chi connectivity index (χ0n) is 21.5. The van der Waals surface area contributed by atoms with Gasteiger partial charge in [-0.2, -0.15) is 0 Å². The first kappa shape index (κ1) is 26.4. The number of nitrogens with zero attached hydrogens (tertiary/aromatic N) is 2. The van der Waals surface area contributed by atoms with E-state index in [-0.39, 0.29) is 0 Å². The standard InChI is InChI=1S/C21H18N.C13H10N.2ClH.Zr/c1-2-8-16-14-17(13-15(16)7-1)22-20-11-5-3-9-18(20)19-10-4-6-12-21(19)22;1-2-6-12-11(5-1)7-8-13(12)14-9-3-4-10-14;;;/h1-3,5,7-9,11,13-14H,4,6,10,12H2;1-10H;2*1H;/q2*-1;;;+4/p-2. The average Bonchev–Trinajstić information content (AvgIpc) is 3.77. The Morgan fingerprint density at radius 1 is 0.744 bits per heavy atom. The van der Waals surface area contributed by atoms with Gasteiger partial charge in [-0.05, 0) is 61.1 Å². The van der Waals surface area contributed by atoms with Crippen molar-refractivity contribution in [2.75, 3.05) is 0 Å². The van der Waals surface area contributed by atoms with Crippen LogP contribution in [0.3, 0.4) is 0 Å². The number of benzene rings is 3. The van der Waals surface area contributed by atoms with Crippen LogP contribution >= 0.6 is 17.0 Å². The molecule has 1 aliphatic carbocycles. The fourth-order valence-corrected chi connectivity index (χ4v) is 5.91. The van der Waals surface area contributed by atoms with Gasteiger partial charge in [0.2, 0.25) is 0 Å². The summed E-state index contributed by atoms with van der Waals surface area (Å²) in [4.78, 5) is 0. The van der Waals surface area contributed by atoms with E-state index in [1.54, 1.807) is 5.56 Å². The number of hydrogen-bond acceptors (Lipinski definition) is 0. The molecule has 5 aromatic carbocycles. The molecule has 39 heavy (non-hydrogen) atoms. The second-order valence-corrected chi connectivity index (χ2v) is 13.5. The first-order valence-electron chi connectivity index (χ1n) is 13.3. The van der Waals surface area contributed by atoms with Crippen molar-refractivity contribution in [2.45, 2.75) is 25.7 Å². The second kappa shape index (κ2) is 12.1. The van der Waals surface area contributed by atoms with Crippen LogP contribution in [0.1, 0.15) is 24.1 Å². The van der Waals surface area contributed by atoms with Gasteiger partial charge in [0, 0.05) is 11.1 Å². The summed E-state index contributed by atoms with van der Waals surface area (Å²) in [5.74, 6) is 0. The number of aromatic nitrogens is 2. The molecule has 0 bridgehead atoms. The average molecular weight is 627 g/mol. The molecule has 0 unspecified atom stereocenters. The van der Waals surface area contributed by atoms with E-state index in [9.17, 15) is 0 Å². The van der Waals surface area contributed by atoms with Gasteiger partial charge in [0.05, 0.1) is 5.52 Å². The van der Waals surface area contributed by atoms with Gasteiger partial charge in [-0.1, -0.05) is 71.4 Å². The predicted octanol–water partition coefficient (Wildman–Crippen LogP) is 10.1. The molecule has 0 saturated heterocycles. The van der Waals surface area contributed by atoms with E-state index in [1.807, 2.05) is 12.1 Å². The summed E-state index contributed by atoms with van der Waals surface area (Å²) in [5.41, 5.74) is 7.05. The zero-order valence-corrected chi connectivity index (χ0v) is 25.5. The van der Waals surface area contributed by atoms with Crippen molar-refractivity contribution in [1.29, 1.82) is 0 Å². The molecule has 192 valence electrons. The Morgan fingerprint density at radius 2 is 1.44 bits per heavy atom.